The van der Waals surface area contributed by atoms with Gasteiger partial charge in [0.1, 0.15) is 11.9 Å². The molecule has 0 saturated carbocycles. The first-order valence-electron chi connectivity index (χ1n) is 7.16. The molecule has 1 unspecified atom stereocenters. The lowest BCUT2D eigenvalue weighted by Crippen LogP contribution is -2.40. The van der Waals surface area contributed by atoms with Crippen molar-refractivity contribution < 1.29 is 9.47 Å². The van der Waals surface area contributed by atoms with Crippen molar-refractivity contribution >= 4 is 11.8 Å². The van der Waals surface area contributed by atoms with Gasteiger partial charge in [0.2, 0.25) is 11.8 Å². The average molecular weight is 322 g/mol. The van der Waals surface area contributed by atoms with E-state index in [1.54, 1.807) is 7.11 Å². The lowest BCUT2D eigenvalue weighted by molar-refractivity contribution is 0.0334. The highest BCUT2D eigenvalue weighted by molar-refractivity contribution is 5.41. The number of anilines is 2. The van der Waals surface area contributed by atoms with Crippen LogP contribution in [0.2, 0.25) is 0 Å². The van der Waals surface area contributed by atoms with Crippen LogP contribution in [-0.4, -0.2) is 63.6 Å². The molecule has 0 bridgehead atoms. The predicted molar refractivity (Wildman–Crippen MR) is 79.9 cm³/mol. The van der Waals surface area contributed by atoms with Gasteiger partial charge in [0.15, 0.2) is 0 Å². The summed E-state index contributed by atoms with van der Waals surface area (Å²) in [5.74, 6) is 1.08. The van der Waals surface area contributed by atoms with Gasteiger partial charge in [-0.1, -0.05) is 0 Å². The van der Waals surface area contributed by atoms with Gasteiger partial charge in [-0.15, -0.1) is 10.2 Å². The average Bonchev–Trinajstić information content (AvgIpc) is 3.01. The van der Waals surface area contributed by atoms with Crippen LogP contribution in [0, 0.1) is 0 Å². The molecule has 1 aliphatic rings. The standard InChI is InChI=1S/C12H18N8O3/c1-22-4-3-20-17-11(16-18-20)8-7-19(2-5-23-8)9-6-10(21)15-12(13)14-9/h6,8H,2-5,7H2,1H3,(H3,13,14,15,21). The topological polar surface area (TPSA) is 137 Å². The number of aromatic amines is 1. The van der Waals surface area contributed by atoms with Crippen molar-refractivity contribution in [3.05, 3.63) is 22.2 Å². The van der Waals surface area contributed by atoms with Gasteiger partial charge in [0.25, 0.3) is 5.56 Å². The maximum atomic E-state index is 11.5. The molecule has 11 nitrogen and oxygen atoms in total. The van der Waals surface area contributed by atoms with E-state index in [9.17, 15) is 4.79 Å². The number of morpholine rings is 1. The smallest absolute Gasteiger partial charge is 0.254 e. The van der Waals surface area contributed by atoms with E-state index in [0.29, 0.717) is 44.5 Å². The molecule has 3 rings (SSSR count). The second kappa shape index (κ2) is 6.71. The summed E-state index contributed by atoms with van der Waals surface area (Å²) in [6.07, 6.45) is -0.345. The van der Waals surface area contributed by atoms with E-state index >= 15 is 0 Å². The molecular formula is C12H18N8O3. The number of nitrogen functional groups attached to an aromatic ring is 1. The van der Waals surface area contributed by atoms with Crippen LogP contribution < -0.4 is 16.2 Å². The molecule has 3 heterocycles. The second-order valence-corrected chi connectivity index (χ2v) is 5.03. The third-order valence-corrected chi connectivity index (χ3v) is 3.39. The normalized spacial score (nSPS) is 18.3. The highest BCUT2D eigenvalue weighted by atomic mass is 16.5. The number of ether oxygens (including phenoxy) is 2. The second-order valence-electron chi connectivity index (χ2n) is 5.03. The Hall–Kier alpha value is -2.53. The van der Waals surface area contributed by atoms with E-state index in [4.69, 9.17) is 15.2 Å². The van der Waals surface area contributed by atoms with Crippen LogP contribution in [0.25, 0.3) is 0 Å². The first kappa shape index (κ1) is 15.4. The molecule has 0 spiro atoms. The molecule has 0 amide bonds. The molecule has 1 aliphatic heterocycles. The number of hydrogen-bond donors (Lipinski definition) is 2. The van der Waals surface area contributed by atoms with E-state index in [1.165, 1.54) is 10.9 Å². The number of rotatable bonds is 5. The lowest BCUT2D eigenvalue weighted by atomic mass is 10.2. The predicted octanol–water partition coefficient (Wildman–Crippen LogP) is -1.44. The van der Waals surface area contributed by atoms with Gasteiger partial charge in [-0.2, -0.15) is 9.78 Å². The van der Waals surface area contributed by atoms with Crippen molar-refractivity contribution in [3.63, 3.8) is 0 Å². The maximum Gasteiger partial charge on any atom is 0.254 e. The van der Waals surface area contributed by atoms with E-state index in [0.717, 1.165) is 0 Å². The molecule has 11 heteroatoms. The van der Waals surface area contributed by atoms with Crippen LogP contribution in [-0.2, 0) is 16.0 Å². The summed E-state index contributed by atoms with van der Waals surface area (Å²) in [4.78, 5) is 21.5. The zero-order valence-corrected chi connectivity index (χ0v) is 12.7. The number of nitrogens with one attached hydrogen (secondary N) is 1. The number of nitrogens with zero attached hydrogens (tertiary/aromatic N) is 6. The summed E-state index contributed by atoms with van der Waals surface area (Å²) < 4.78 is 10.7. The molecule has 1 atom stereocenters. The fraction of sp³-hybridized carbons (Fsp3) is 0.583. The molecule has 0 aromatic carbocycles. The van der Waals surface area contributed by atoms with E-state index in [2.05, 4.69) is 25.4 Å². The minimum atomic E-state index is -0.345. The van der Waals surface area contributed by atoms with E-state index in [-0.39, 0.29) is 17.6 Å². The summed E-state index contributed by atoms with van der Waals surface area (Å²) in [5.41, 5.74) is 5.29. The molecule has 1 saturated heterocycles. The van der Waals surface area contributed by atoms with Crippen LogP contribution >= 0.6 is 0 Å². The molecule has 2 aromatic heterocycles. The van der Waals surface area contributed by atoms with Crippen LogP contribution in [0.4, 0.5) is 11.8 Å². The minimum Gasteiger partial charge on any atom is -0.383 e. The van der Waals surface area contributed by atoms with Gasteiger partial charge >= 0.3 is 0 Å². The summed E-state index contributed by atoms with van der Waals surface area (Å²) in [6, 6.07) is 1.40. The molecular weight excluding hydrogens is 304 g/mol. The Bertz CT molecular complexity index is 714. The zero-order chi connectivity index (χ0) is 16.2. The maximum absolute atomic E-state index is 11.5. The van der Waals surface area contributed by atoms with Crippen LogP contribution in [0.3, 0.4) is 0 Å². The molecule has 23 heavy (non-hydrogen) atoms. The molecule has 2 aromatic rings. The Kier molecular flexibility index (Phi) is 4.48. The quantitative estimate of drug-likeness (QED) is 0.678. The first-order chi connectivity index (χ1) is 11.2. The van der Waals surface area contributed by atoms with Gasteiger partial charge in [-0.3, -0.25) is 9.78 Å². The van der Waals surface area contributed by atoms with Gasteiger partial charge in [0, 0.05) is 19.7 Å². The van der Waals surface area contributed by atoms with Crippen LogP contribution in [0.1, 0.15) is 11.9 Å². The highest BCUT2D eigenvalue weighted by Gasteiger charge is 2.27. The molecule has 3 N–H and O–H groups in total. The fourth-order valence-corrected chi connectivity index (χ4v) is 2.29. The van der Waals surface area contributed by atoms with Gasteiger partial charge in [-0.05, 0) is 5.21 Å². The Morgan fingerprint density at radius 3 is 3.22 bits per heavy atom. The third kappa shape index (κ3) is 3.63. The number of nitrogens with two attached hydrogens (primary N) is 1. The van der Waals surface area contributed by atoms with Crippen molar-refractivity contribution in [2.75, 3.05) is 44.0 Å². The summed E-state index contributed by atoms with van der Waals surface area (Å²) >= 11 is 0. The lowest BCUT2D eigenvalue weighted by Gasteiger charge is -2.32. The number of tetrazole rings is 1. The minimum absolute atomic E-state index is 0.0826. The van der Waals surface area contributed by atoms with Gasteiger partial charge in [0.05, 0.1) is 26.3 Å². The number of aromatic nitrogens is 6. The molecule has 0 radical (unpaired) electrons. The van der Waals surface area contributed by atoms with Gasteiger partial charge in [-0.25, -0.2) is 0 Å². The SMILES string of the molecule is COCCn1nnc(C2CN(c3cc(=O)[nH]c(N)n3)CCO2)n1. The first-order valence-corrected chi connectivity index (χ1v) is 7.16. The number of H-pyrrole nitrogens is 1. The van der Waals surface area contributed by atoms with E-state index in [1.807, 2.05) is 4.90 Å². The summed E-state index contributed by atoms with van der Waals surface area (Å²) in [6.45, 7) is 2.55. The zero-order valence-electron chi connectivity index (χ0n) is 12.7. The fourth-order valence-electron chi connectivity index (χ4n) is 2.29. The Morgan fingerprint density at radius 1 is 1.57 bits per heavy atom. The van der Waals surface area contributed by atoms with Crippen LogP contribution in [0.15, 0.2) is 10.9 Å². The third-order valence-electron chi connectivity index (χ3n) is 3.39. The summed E-state index contributed by atoms with van der Waals surface area (Å²) in [7, 11) is 1.61. The monoisotopic (exact) mass is 322 g/mol. The molecule has 124 valence electrons. The summed E-state index contributed by atoms with van der Waals surface area (Å²) in [5, 5.41) is 12.3. The van der Waals surface area contributed by atoms with Crippen molar-refractivity contribution in [1.29, 1.82) is 0 Å². The Labute approximate surface area is 131 Å². The van der Waals surface area contributed by atoms with Crippen molar-refractivity contribution in [3.8, 4) is 0 Å². The number of hydrogen-bond acceptors (Lipinski definition) is 9. The Morgan fingerprint density at radius 2 is 2.43 bits per heavy atom. The van der Waals surface area contributed by atoms with Crippen molar-refractivity contribution in [1.82, 2.24) is 30.2 Å². The number of methoxy groups -OCH3 is 1. The van der Waals surface area contributed by atoms with E-state index < -0.39 is 0 Å². The van der Waals surface area contributed by atoms with Crippen LogP contribution in [0.5, 0.6) is 0 Å². The molecule has 1 fully saturated rings. The van der Waals surface area contributed by atoms with Crippen molar-refractivity contribution in [2.45, 2.75) is 12.6 Å². The van der Waals surface area contributed by atoms with Crippen molar-refractivity contribution in [2.24, 2.45) is 0 Å². The Balaban J connectivity index is 1.72. The van der Waals surface area contributed by atoms with Gasteiger partial charge < -0.3 is 20.1 Å². The molecule has 0 aliphatic carbocycles. The largest absolute Gasteiger partial charge is 0.383 e. The highest BCUT2D eigenvalue weighted by Crippen LogP contribution is 2.22.